The normalized spacial score (nSPS) is 17.7. The lowest BCUT2D eigenvalue weighted by Crippen LogP contribution is -2.29. The number of carbonyl (C=O) groups is 1. The van der Waals surface area contributed by atoms with Crippen molar-refractivity contribution in [3.8, 4) is 28.4 Å². The Bertz CT molecular complexity index is 1320. The molecule has 0 radical (unpaired) electrons. The predicted molar refractivity (Wildman–Crippen MR) is 142 cm³/mol. The molecule has 1 fully saturated rings. The lowest BCUT2D eigenvalue weighted by molar-refractivity contribution is -0.142. The fraction of sp³-hybridized carbons (Fsp3) is 0.387. The standard InChI is InChI=1S/C31H34O6/c1-18-13-24(36-17-34-5)14-19(2)28(18)25-8-6-7-22(20(25)3)16-35-23-9-10-26-27(15-23)37-31(11-12-31)29(26)21(4)30(32)33/h6-10,13-15,21,29H,11-12,16-17H2,1-5H3,(H,32,33). The minimum atomic E-state index is -0.786. The predicted octanol–water partition coefficient (Wildman–Crippen LogP) is 6.57. The van der Waals surface area contributed by atoms with Crippen molar-refractivity contribution in [3.63, 3.8) is 0 Å². The summed E-state index contributed by atoms with van der Waals surface area (Å²) in [4.78, 5) is 11.7. The highest BCUT2D eigenvalue weighted by molar-refractivity contribution is 5.75. The highest BCUT2D eigenvalue weighted by Crippen LogP contribution is 2.60. The molecule has 0 bridgehead atoms. The molecule has 3 aromatic carbocycles. The molecule has 2 aliphatic rings. The number of fused-ring (bicyclic) bond motifs is 1. The maximum Gasteiger partial charge on any atom is 0.306 e. The number of methoxy groups -OCH3 is 1. The summed E-state index contributed by atoms with van der Waals surface area (Å²) in [7, 11) is 1.61. The Labute approximate surface area is 218 Å². The van der Waals surface area contributed by atoms with Gasteiger partial charge >= 0.3 is 5.97 Å². The number of ether oxygens (including phenoxy) is 4. The molecule has 1 aliphatic carbocycles. The highest BCUT2D eigenvalue weighted by Gasteiger charge is 2.60. The summed E-state index contributed by atoms with van der Waals surface area (Å²) in [6.07, 6.45) is 1.79. The van der Waals surface area contributed by atoms with Crippen molar-refractivity contribution in [1.29, 1.82) is 0 Å². The van der Waals surface area contributed by atoms with Crippen LogP contribution in [-0.4, -0.2) is 30.6 Å². The van der Waals surface area contributed by atoms with E-state index in [0.29, 0.717) is 6.61 Å². The van der Waals surface area contributed by atoms with Gasteiger partial charge in [-0.1, -0.05) is 31.2 Å². The smallest absolute Gasteiger partial charge is 0.306 e. The largest absolute Gasteiger partial charge is 0.489 e. The molecule has 0 amide bonds. The number of carboxylic acids is 1. The molecule has 2 unspecified atom stereocenters. The van der Waals surface area contributed by atoms with E-state index < -0.39 is 11.9 Å². The quantitative estimate of drug-likeness (QED) is 0.334. The summed E-state index contributed by atoms with van der Waals surface area (Å²) < 4.78 is 23.2. The van der Waals surface area contributed by atoms with E-state index in [2.05, 4.69) is 39.0 Å². The summed E-state index contributed by atoms with van der Waals surface area (Å²) in [6.45, 7) is 8.74. The average Bonchev–Trinajstić information content (AvgIpc) is 3.55. The molecule has 1 aliphatic heterocycles. The molecule has 6 nitrogen and oxygen atoms in total. The summed E-state index contributed by atoms with van der Waals surface area (Å²) in [5, 5.41) is 9.61. The Kier molecular flexibility index (Phi) is 6.63. The van der Waals surface area contributed by atoms with E-state index in [-0.39, 0.29) is 18.3 Å². The Morgan fingerprint density at radius 2 is 1.78 bits per heavy atom. The van der Waals surface area contributed by atoms with Gasteiger partial charge in [0.15, 0.2) is 6.79 Å². The molecule has 3 aromatic rings. The van der Waals surface area contributed by atoms with Gasteiger partial charge in [0.25, 0.3) is 0 Å². The summed E-state index contributed by atoms with van der Waals surface area (Å²) >= 11 is 0. The Morgan fingerprint density at radius 1 is 1.05 bits per heavy atom. The fourth-order valence-electron chi connectivity index (χ4n) is 5.75. The second kappa shape index (κ2) is 9.75. The molecule has 37 heavy (non-hydrogen) atoms. The lowest BCUT2D eigenvalue weighted by Gasteiger charge is -2.21. The van der Waals surface area contributed by atoms with Crippen molar-refractivity contribution in [1.82, 2.24) is 0 Å². The van der Waals surface area contributed by atoms with Gasteiger partial charge in [0.2, 0.25) is 0 Å². The topological polar surface area (TPSA) is 74.2 Å². The minimum Gasteiger partial charge on any atom is -0.489 e. The first-order valence-electron chi connectivity index (χ1n) is 12.7. The van der Waals surface area contributed by atoms with Crippen LogP contribution in [0.4, 0.5) is 0 Å². The van der Waals surface area contributed by atoms with Gasteiger partial charge in [0.05, 0.1) is 5.92 Å². The van der Waals surface area contributed by atoms with Gasteiger partial charge in [-0.3, -0.25) is 4.79 Å². The van der Waals surface area contributed by atoms with E-state index in [1.165, 1.54) is 16.7 Å². The number of hydrogen-bond donors (Lipinski definition) is 1. The van der Waals surface area contributed by atoms with Crippen LogP contribution in [0.5, 0.6) is 17.2 Å². The third-order valence-electron chi connectivity index (χ3n) is 7.79. The SMILES string of the molecule is COCOc1cc(C)c(-c2cccc(COc3ccc4c(c3)OC3(CC3)C4C(C)C(=O)O)c2C)c(C)c1. The first-order chi connectivity index (χ1) is 17.7. The molecule has 1 N–H and O–H groups in total. The maximum atomic E-state index is 11.7. The number of benzene rings is 3. The number of aliphatic carboxylic acids is 1. The molecule has 5 rings (SSSR count). The van der Waals surface area contributed by atoms with Crippen LogP contribution in [-0.2, 0) is 16.1 Å². The van der Waals surface area contributed by atoms with Crippen LogP contribution in [0.15, 0.2) is 48.5 Å². The molecule has 0 saturated heterocycles. The zero-order valence-corrected chi connectivity index (χ0v) is 22.1. The van der Waals surface area contributed by atoms with Crippen LogP contribution in [0.25, 0.3) is 11.1 Å². The van der Waals surface area contributed by atoms with Crippen molar-refractivity contribution < 1.29 is 28.8 Å². The van der Waals surface area contributed by atoms with Crippen LogP contribution in [0.2, 0.25) is 0 Å². The highest BCUT2D eigenvalue weighted by atomic mass is 16.7. The molecule has 1 heterocycles. The zero-order chi connectivity index (χ0) is 26.3. The molecule has 1 saturated carbocycles. The Morgan fingerprint density at radius 3 is 2.43 bits per heavy atom. The van der Waals surface area contributed by atoms with Gasteiger partial charge in [-0.25, -0.2) is 0 Å². The first kappa shape index (κ1) is 25.2. The number of aryl methyl sites for hydroxylation is 2. The Hall–Kier alpha value is -3.51. The summed E-state index contributed by atoms with van der Waals surface area (Å²) in [5.74, 6) is 0.866. The van der Waals surface area contributed by atoms with E-state index in [4.69, 9.17) is 18.9 Å². The molecular weight excluding hydrogens is 468 g/mol. The van der Waals surface area contributed by atoms with Gasteiger partial charge in [0.1, 0.15) is 29.5 Å². The van der Waals surface area contributed by atoms with Crippen LogP contribution >= 0.6 is 0 Å². The van der Waals surface area contributed by atoms with Gasteiger partial charge in [-0.05, 0) is 85.2 Å². The lowest BCUT2D eigenvalue weighted by atomic mass is 9.83. The van der Waals surface area contributed by atoms with Gasteiger partial charge in [0, 0.05) is 24.7 Å². The molecular formula is C31H34O6. The molecule has 194 valence electrons. The van der Waals surface area contributed by atoms with E-state index in [1.54, 1.807) is 14.0 Å². The molecule has 1 spiro atoms. The molecule has 2 atom stereocenters. The number of rotatable bonds is 9. The van der Waals surface area contributed by atoms with Crippen LogP contribution in [0.1, 0.15) is 53.5 Å². The van der Waals surface area contributed by atoms with Gasteiger partial charge in [-0.2, -0.15) is 0 Å². The van der Waals surface area contributed by atoms with Crippen LogP contribution < -0.4 is 14.2 Å². The van der Waals surface area contributed by atoms with E-state index >= 15 is 0 Å². The van der Waals surface area contributed by atoms with E-state index in [1.807, 2.05) is 30.3 Å². The van der Waals surface area contributed by atoms with Gasteiger partial charge < -0.3 is 24.1 Å². The monoisotopic (exact) mass is 502 g/mol. The van der Waals surface area contributed by atoms with Crippen molar-refractivity contribution in [3.05, 3.63) is 76.3 Å². The third kappa shape index (κ3) is 4.66. The van der Waals surface area contributed by atoms with Crippen LogP contribution in [0.3, 0.4) is 0 Å². The third-order valence-corrected chi connectivity index (χ3v) is 7.79. The van der Waals surface area contributed by atoms with Crippen LogP contribution in [0, 0.1) is 26.7 Å². The van der Waals surface area contributed by atoms with Crippen molar-refractivity contribution >= 4 is 5.97 Å². The van der Waals surface area contributed by atoms with E-state index in [9.17, 15) is 9.90 Å². The second-order valence-electron chi connectivity index (χ2n) is 10.3. The zero-order valence-electron chi connectivity index (χ0n) is 22.1. The number of hydrogen-bond acceptors (Lipinski definition) is 5. The number of carboxylic acid groups (broad SMARTS) is 1. The summed E-state index contributed by atoms with van der Waals surface area (Å²) in [6, 6.07) is 16.2. The van der Waals surface area contributed by atoms with E-state index in [0.717, 1.165) is 52.3 Å². The fourth-order valence-corrected chi connectivity index (χ4v) is 5.75. The second-order valence-corrected chi connectivity index (χ2v) is 10.3. The van der Waals surface area contributed by atoms with Crippen molar-refractivity contribution in [2.45, 2.75) is 58.7 Å². The molecule has 0 aromatic heterocycles. The first-order valence-corrected chi connectivity index (χ1v) is 12.7. The van der Waals surface area contributed by atoms with Crippen molar-refractivity contribution in [2.24, 2.45) is 5.92 Å². The average molecular weight is 503 g/mol. The van der Waals surface area contributed by atoms with Crippen molar-refractivity contribution in [2.75, 3.05) is 13.9 Å². The molecule has 6 heteroatoms. The Balaban J connectivity index is 1.36. The summed E-state index contributed by atoms with van der Waals surface area (Å²) in [5.41, 5.74) is 7.55. The van der Waals surface area contributed by atoms with Gasteiger partial charge in [-0.15, -0.1) is 0 Å². The minimum absolute atomic E-state index is 0.120. The maximum absolute atomic E-state index is 11.7.